The molecule has 0 aliphatic heterocycles. The fraction of sp³-hybridized carbons (Fsp3) is 0.118. The van der Waals surface area contributed by atoms with Crippen LogP contribution in [0.3, 0.4) is 0 Å². The third-order valence-corrected chi connectivity index (χ3v) is 4.04. The van der Waals surface area contributed by atoms with Gasteiger partial charge < -0.3 is 9.47 Å². The highest BCUT2D eigenvalue weighted by Gasteiger charge is 2.07. The van der Waals surface area contributed by atoms with Crippen molar-refractivity contribution in [3.63, 3.8) is 0 Å². The van der Waals surface area contributed by atoms with Crippen molar-refractivity contribution in [3.8, 4) is 11.5 Å². The quantitative estimate of drug-likeness (QED) is 0.522. The Labute approximate surface area is 154 Å². The maximum absolute atomic E-state index is 6.16. The number of aromatic amines is 1. The summed E-state index contributed by atoms with van der Waals surface area (Å²) in [4.78, 5) is 0. The van der Waals surface area contributed by atoms with Crippen molar-refractivity contribution in [2.24, 2.45) is 5.10 Å². The maximum atomic E-state index is 6.16. The minimum atomic E-state index is 0.337. The molecule has 0 aliphatic rings. The van der Waals surface area contributed by atoms with Gasteiger partial charge in [0.25, 0.3) is 0 Å². The first-order valence-corrected chi connectivity index (χ1v) is 8.16. The van der Waals surface area contributed by atoms with Crippen molar-refractivity contribution in [2.45, 2.75) is 6.61 Å². The number of methoxy groups -OCH3 is 1. The molecular weight excluding hydrogens is 360 g/mol. The third kappa shape index (κ3) is 4.26. The lowest BCUT2D eigenvalue weighted by molar-refractivity contribution is 0.284. The molecule has 0 atom stereocenters. The van der Waals surface area contributed by atoms with Crippen LogP contribution in [-0.2, 0) is 6.61 Å². The van der Waals surface area contributed by atoms with E-state index in [0.29, 0.717) is 27.9 Å². The van der Waals surface area contributed by atoms with Crippen LogP contribution in [0.15, 0.2) is 53.9 Å². The highest BCUT2D eigenvalue weighted by Crippen LogP contribution is 2.29. The van der Waals surface area contributed by atoms with Gasteiger partial charge in [0, 0.05) is 10.6 Å². The van der Waals surface area contributed by atoms with E-state index in [2.05, 4.69) is 15.3 Å². The van der Waals surface area contributed by atoms with Crippen molar-refractivity contribution in [2.75, 3.05) is 7.11 Å². The monoisotopic (exact) mass is 374 g/mol. The van der Waals surface area contributed by atoms with Crippen molar-refractivity contribution in [3.05, 3.63) is 69.7 Å². The summed E-state index contributed by atoms with van der Waals surface area (Å²) in [5, 5.41) is 11.4. The Hall–Kier alpha value is -2.64. The zero-order valence-electron chi connectivity index (χ0n) is 13.3. The summed E-state index contributed by atoms with van der Waals surface area (Å²) in [6.07, 6.45) is 3.16. The zero-order chi connectivity index (χ0) is 17.6. The topological polar surface area (TPSA) is 64.4 Å². The smallest absolute Gasteiger partial charge is 0.216 e. The van der Waals surface area contributed by atoms with Crippen LogP contribution < -0.4 is 9.47 Å². The molecule has 0 saturated heterocycles. The van der Waals surface area contributed by atoms with Crippen molar-refractivity contribution < 1.29 is 9.47 Å². The molecule has 3 aromatic rings. The third-order valence-electron chi connectivity index (χ3n) is 3.40. The van der Waals surface area contributed by atoms with Crippen LogP contribution >= 0.6 is 23.8 Å². The van der Waals surface area contributed by atoms with Gasteiger partial charge in [0.05, 0.1) is 13.3 Å². The summed E-state index contributed by atoms with van der Waals surface area (Å²) in [6, 6.07) is 13.1. The Balaban J connectivity index is 1.80. The molecule has 0 saturated carbocycles. The van der Waals surface area contributed by atoms with Gasteiger partial charge in [0.15, 0.2) is 11.5 Å². The Morgan fingerprint density at radius 1 is 1.28 bits per heavy atom. The van der Waals surface area contributed by atoms with Gasteiger partial charge in [-0.3, -0.25) is 5.10 Å². The van der Waals surface area contributed by atoms with Gasteiger partial charge >= 0.3 is 0 Å². The van der Waals surface area contributed by atoms with Gasteiger partial charge in [-0.1, -0.05) is 29.8 Å². The predicted octanol–water partition coefficient (Wildman–Crippen LogP) is 4.06. The van der Waals surface area contributed by atoms with Crippen molar-refractivity contribution >= 4 is 30.0 Å². The van der Waals surface area contributed by atoms with E-state index in [1.807, 2.05) is 42.5 Å². The van der Waals surface area contributed by atoms with Gasteiger partial charge in [-0.25, -0.2) is 0 Å². The molecule has 1 heterocycles. The molecule has 128 valence electrons. The molecule has 8 heteroatoms. The minimum absolute atomic E-state index is 0.337. The number of aromatic nitrogens is 3. The van der Waals surface area contributed by atoms with E-state index < -0.39 is 0 Å². The molecule has 1 aromatic heterocycles. The average Bonchev–Trinajstić information content (AvgIpc) is 3.04. The lowest BCUT2D eigenvalue weighted by Crippen LogP contribution is -1.99. The number of ether oxygens (including phenoxy) is 2. The van der Waals surface area contributed by atoms with Crippen LogP contribution in [0.4, 0.5) is 0 Å². The molecule has 0 bridgehead atoms. The second-order valence-corrected chi connectivity index (χ2v) is 5.83. The molecule has 25 heavy (non-hydrogen) atoms. The van der Waals surface area contributed by atoms with E-state index in [9.17, 15) is 0 Å². The molecule has 0 spiro atoms. The Morgan fingerprint density at radius 3 is 2.84 bits per heavy atom. The summed E-state index contributed by atoms with van der Waals surface area (Å²) in [5.74, 6) is 1.23. The molecular formula is C17H15ClN4O2S. The second kappa shape index (κ2) is 7.96. The molecule has 0 radical (unpaired) electrons. The SMILES string of the molecule is COc1ccc(/C=N/n2cn[nH]c2=S)cc1OCc1ccccc1Cl. The molecule has 2 aromatic carbocycles. The van der Waals surface area contributed by atoms with Gasteiger partial charge in [0.2, 0.25) is 4.77 Å². The van der Waals surface area contributed by atoms with Crippen LogP contribution in [0.1, 0.15) is 11.1 Å². The van der Waals surface area contributed by atoms with E-state index in [1.165, 1.54) is 11.0 Å². The first-order chi connectivity index (χ1) is 12.2. The zero-order valence-corrected chi connectivity index (χ0v) is 14.9. The van der Waals surface area contributed by atoms with Crippen LogP contribution in [0.2, 0.25) is 5.02 Å². The maximum Gasteiger partial charge on any atom is 0.216 e. The average molecular weight is 375 g/mol. The second-order valence-electron chi connectivity index (χ2n) is 5.04. The molecule has 0 aliphatic carbocycles. The van der Waals surface area contributed by atoms with Crippen LogP contribution in [0, 0.1) is 4.77 Å². The number of hydrogen-bond donors (Lipinski definition) is 1. The summed E-state index contributed by atoms with van der Waals surface area (Å²) in [5.41, 5.74) is 1.73. The van der Waals surface area contributed by atoms with E-state index in [-0.39, 0.29) is 0 Å². The summed E-state index contributed by atoms with van der Waals surface area (Å²) in [6.45, 7) is 0.337. The molecule has 3 rings (SSSR count). The molecule has 0 amide bonds. The van der Waals surface area contributed by atoms with Crippen molar-refractivity contribution in [1.29, 1.82) is 0 Å². The van der Waals surface area contributed by atoms with E-state index in [4.69, 9.17) is 33.3 Å². The van der Waals surface area contributed by atoms with Crippen LogP contribution in [0.5, 0.6) is 11.5 Å². The Morgan fingerprint density at radius 2 is 2.12 bits per heavy atom. The normalized spacial score (nSPS) is 11.0. The fourth-order valence-electron chi connectivity index (χ4n) is 2.11. The van der Waals surface area contributed by atoms with Gasteiger partial charge in [-0.2, -0.15) is 14.9 Å². The predicted molar refractivity (Wildman–Crippen MR) is 99.2 cm³/mol. The van der Waals surface area contributed by atoms with E-state index in [0.717, 1.165) is 11.1 Å². The highest BCUT2D eigenvalue weighted by atomic mass is 35.5. The number of halogens is 1. The number of benzene rings is 2. The number of hydrogen-bond acceptors (Lipinski definition) is 5. The lowest BCUT2D eigenvalue weighted by atomic mass is 10.2. The summed E-state index contributed by atoms with van der Waals surface area (Å²) < 4.78 is 13.1. The largest absolute Gasteiger partial charge is 0.493 e. The molecule has 6 nitrogen and oxygen atoms in total. The molecule has 1 N–H and O–H groups in total. The number of nitrogens with one attached hydrogen (secondary N) is 1. The lowest BCUT2D eigenvalue weighted by Gasteiger charge is -2.12. The van der Waals surface area contributed by atoms with E-state index >= 15 is 0 Å². The highest BCUT2D eigenvalue weighted by molar-refractivity contribution is 7.71. The Bertz CT molecular complexity index is 952. The van der Waals surface area contributed by atoms with Gasteiger partial charge in [0.1, 0.15) is 12.9 Å². The summed E-state index contributed by atoms with van der Waals surface area (Å²) in [7, 11) is 1.59. The molecule has 0 fully saturated rings. The Kier molecular flexibility index (Phi) is 5.47. The standard InChI is InChI=1S/C17H15ClN4O2S/c1-23-15-7-6-12(9-20-22-11-19-21-17(22)25)8-16(15)24-10-13-4-2-3-5-14(13)18/h2-9,11H,10H2,1H3,(H,21,25)/b20-9+. The van der Waals surface area contributed by atoms with Gasteiger partial charge in [-0.05, 0) is 42.0 Å². The van der Waals surface area contributed by atoms with E-state index in [1.54, 1.807) is 13.3 Å². The molecule has 0 unspecified atom stereocenters. The van der Waals surface area contributed by atoms with Crippen molar-refractivity contribution in [1.82, 2.24) is 14.9 Å². The number of rotatable bonds is 6. The van der Waals surface area contributed by atoms with Crippen LogP contribution in [0.25, 0.3) is 0 Å². The van der Waals surface area contributed by atoms with Crippen LogP contribution in [-0.4, -0.2) is 28.2 Å². The first kappa shape index (κ1) is 17.2. The minimum Gasteiger partial charge on any atom is -0.493 e. The number of nitrogens with zero attached hydrogens (tertiary/aromatic N) is 3. The number of H-pyrrole nitrogens is 1. The summed E-state index contributed by atoms with van der Waals surface area (Å²) >= 11 is 11.2. The first-order valence-electron chi connectivity index (χ1n) is 7.38. The fourth-order valence-corrected chi connectivity index (χ4v) is 2.45. The van der Waals surface area contributed by atoms with Gasteiger partial charge in [-0.15, -0.1) is 0 Å².